The smallest absolute Gasteiger partial charge is 0.262 e. The number of hydrogen-bond donors (Lipinski definition) is 0. The summed E-state index contributed by atoms with van der Waals surface area (Å²) in [6.07, 6.45) is 4.80. The van der Waals surface area contributed by atoms with Crippen LogP contribution in [0.2, 0.25) is 0 Å². The first-order valence-corrected chi connectivity index (χ1v) is 9.22. The first-order valence-electron chi connectivity index (χ1n) is 9.22. The minimum absolute atomic E-state index is 0.0466. The monoisotopic (exact) mass is 380 g/mol. The lowest BCUT2D eigenvalue weighted by atomic mass is 10.0. The van der Waals surface area contributed by atoms with Gasteiger partial charge in [0.1, 0.15) is 5.82 Å². The molecule has 7 heteroatoms. The predicted octanol–water partition coefficient (Wildman–Crippen LogP) is 2.95. The number of aromatic nitrogens is 3. The van der Waals surface area contributed by atoms with Crippen LogP contribution >= 0.6 is 0 Å². The maximum absolute atomic E-state index is 14.1. The van der Waals surface area contributed by atoms with Gasteiger partial charge >= 0.3 is 0 Å². The van der Waals surface area contributed by atoms with Crippen LogP contribution in [-0.2, 0) is 11.8 Å². The van der Waals surface area contributed by atoms with Crippen molar-refractivity contribution in [2.75, 3.05) is 24.7 Å². The highest BCUT2D eigenvalue weighted by atomic mass is 19.1. The maximum atomic E-state index is 14.1. The van der Waals surface area contributed by atoms with Gasteiger partial charge in [-0.15, -0.1) is 0 Å². The number of anilines is 1. The largest absolute Gasteiger partial charge is 0.380 e. The van der Waals surface area contributed by atoms with Gasteiger partial charge in [0.15, 0.2) is 0 Å². The highest BCUT2D eigenvalue weighted by molar-refractivity contribution is 5.62. The van der Waals surface area contributed by atoms with E-state index in [2.05, 4.69) is 27.0 Å². The lowest BCUT2D eigenvalue weighted by Crippen LogP contribution is -2.36. The quantitative estimate of drug-likeness (QED) is 0.699. The number of halogens is 1. The standard InChI is InChI=1S/C21H21FN4O2/c1-25-20(27)17(16-7-9-23-14-18(16)22)13-24-21(25)26-10-12-28-11-8-19(26)15-5-3-2-4-6-15/h2-7,9,13-14,19H,8,10-12H2,1H3. The van der Waals surface area contributed by atoms with Crippen LogP contribution in [-0.4, -0.2) is 34.3 Å². The highest BCUT2D eigenvalue weighted by Crippen LogP contribution is 2.30. The van der Waals surface area contributed by atoms with Crippen molar-refractivity contribution >= 4 is 5.95 Å². The van der Waals surface area contributed by atoms with E-state index in [9.17, 15) is 9.18 Å². The van der Waals surface area contributed by atoms with Crippen LogP contribution in [0.3, 0.4) is 0 Å². The molecule has 6 nitrogen and oxygen atoms in total. The molecule has 0 radical (unpaired) electrons. The minimum Gasteiger partial charge on any atom is -0.380 e. The SMILES string of the molecule is Cn1c(N2CCOCCC2c2ccccc2)ncc(-c2ccncc2F)c1=O. The van der Waals surface area contributed by atoms with Gasteiger partial charge in [0.25, 0.3) is 5.56 Å². The zero-order valence-corrected chi connectivity index (χ0v) is 15.6. The third kappa shape index (κ3) is 3.41. The summed E-state index contributed by atoms with van der Waals surface area (Å²) in [5.74, 6) is 0.00190. The molecule has 1 aromatic carbocycles. The van der Waals surface area contributed by atoms with E-state index >= 15 is 0 Å². The molecule has 3 heterocycles. The Balaban J connectivity index is 1.78. The van der Waals surface area contributed by atoms with Crippen LogP contribution in [0.5, 0.6) is 0 Å². The van der Waals surface area contributed by atoms with Gasteiger partial charge in [-0.2, -0.15) is 0 Å². The molecule has 0 spiro atoms. The van der Waals surface area contributed by atoms with Crippen molar-refractivity contribution in [2.24, 2.45) is 7.05 Å². The molecular weight excluding hydrogens is 359 g/mol. The molecule has 2 aromatic heterocycles. The second-order valence-electron chi connectivity index (χ2n) is 6.71. The second kappa shape index (κ2) is 7.90. The molecule has 0 bridgehead atoms. The van der Waals surface area contributed by atoms with Gasteiger partial charge in [-0.05, 0) is 18.1 Å². The van der Waals surface area contributed by atoms with Crippen molar-refractivity contribution in [3.05, 3.63) is 76.7 Å². The molecule has 1 saturated heterocycles. The van der Waals surface area contributed by atoms with E-state index in [-0.39, 0.29) is 22.7 Å². The second-order valence-corrected chi connectivity index (χ2v) is 6.71. The van der Waals surface area contributed by atoms with Gasteiger partial charge in [0.2, 0.25) is 5.95 Å². The van der Waals surface area contributed by atoms with Crippen molar-refractivity contribution in [1.29, 1.82) is 0 Å². The van der Waals surface area contributed by atoms with E-state index in [1.54, 1.807) is 7.05 Å². The Morgan fingerprint density at radius 1 is 1.11 bits per heavy atom. The Morgan fingerprint density at radius 2 is 1.93 bits per heavy atom. The normalized spacial score (nSPS) is 17.4. The van der Waals surface area contributed by atoms with Crippen LogP contribution in [0.15, 0.2) is 59.8 Å². The predicted molar refractivity (Wildman–Crippen MR) is 105 cm³/mol. The Kier molecular flexibility index (Phi) is 5.16. The number of ether oxygens (including phenoxy) is 1. The average Bonchev–Trinajstić information content (AvgIpc) is 2.97. The summed E-state index contributed by atoms with van der Waals surface area (Å²) in [5.41, 5.74) is 1.26. The molecule has 1 fully saturated rings. The van der Waals surface area contributed by atoms with Crippen molar-refractivity contribution < 1.29 is 9.13 Å². The average molecular weight is 380 g/mol. The molecule has 144 valence electrons. The maximum Gasteiger partial charge on any atom is 0.262 e. The lowest BCUT2D eigenvalue weighted by molar-refractivity contribution is 0.150. The third-order valence-corrected chi connectivity index (χ3v) is 5.04. The molecule has 3 aromatic rings. The molecule has 0 saturated carbocycles. The minimum atomic E-state index is -0.542. The van der Waals surface area contributed by atoms with E-state index in [1.807, 2.05) is 18.2 Å². The Morgan fingerprint density at radius 3 is 2.71 bits per heavy atom. The summed E-state index contributed by atoms with van der Waals surface area (Å²) in [6, 6.07) is 11.7. The zero-order chi connectivity index (χ0) is 19.5. The lowest BCUT2D eigenvalue weighted by Gasteiger charge is -2.31. The summed E-state index contributed by atoms with van der Waals surface area (Å²) >= 11 is 0. The third-order valence-electron chi connectivity index (χ3n) is 5.04. The molecule has 0 amide bonds. The summed E-state index contributed by atoms with van der Waals surface area (Å²) in [4.78, 5) is 23.4. The van der Waals surface area contributed by atoms with Gasteiger partial charge in [-0.25, -0.2) is 9.37 Å². The number of nitrogens with zero attached hydrogens (tertiary/aromatic N) is 4. The summed E-state index contributed by atoms with van der Waals surface area (Å²) in [5, 5.41) is 0. The summed E-state index contributed by atoms with van der Waals surface area (Å²) in [6.45, 7) is 1.81. The molecular formula is C21H21FN4O2. The molecule has 1 aliphatic heterocycles. The Bertz CT molecular complexity index is 1020. The first-order chi connectivity index (χ1) is 13.7. The van der Waals surface area contributed by atoms with Gasteiger partial charge in [-0.1, -0.05) is 30.3 Å². The van der Waals surface area contributed by atoms with Crippen LogP contribution in [0, 0.1) is 5.82 Å². The van der Waals surface area contributed by atoms with Crippen LogP contribution in [0.4, 0.5) is 10.3 Å². The van der Waals surface area contributed by atoms with E-state index in [0.29, 0.717) is 25.7 Å². The highest BCUT2D eigenvalue weighted by Gasteiger charge is 2.26. The van der Waals surface area contributed by atoms with Crippen molar-refractivity contribution in [2.45, 2.75) is 12.5 Å². The molecule has 1 unspecified atom stereocenters. The van der Waals surface area contributed by atoms with E-state index < -0.39 is 5.82 Å². The topological polar surface area (TPSA) is 60.2 Å². The molecule has 4 rings (SSSR count). The van der Waals surface area contributed by atoms with Gasteiger partial charge in [0, 0.05) is 38.2 Å². The van der Waals surface area contributed by atoms with Crippen LogP contribution in [0.1, 0.15) is 18.0 Å². The number of hydrogen-bond acceptors (Lipinski definition) is 5. The first kappa shape index (κ1) is 18.3. The van der Waals surface area contributed by atoms with E-state index in [4.69, 9.17) is 4.74 Å². The van der Waals surface area contributed by atoms with Crippen molar-refractivity contribution in [3.8, 4) is 11.1 Å². The fourth-order valence-electron chi connectivity index (χ4n) is 3.61. The van der Waals surface area contributed by atoms with Gasteiger partial charge < -0.3 is 9.64 Å². The number of rotatable bonds is 3. The molecule has 0 aliphatic carbocycles. The molecule has 1 aliphatic rings. The van der Waals surface area contributed by atoms with Crippen molar-refractivity contribution in [3.63, 3.8) is 0 Å². The molecule has 1 atom stereocenters. The number of pyridine rings is 1. The van der Waals surface area contributed by atoms with Crippen LogP contribution < -0.4 is 10.5 Å². The Labute approximate surface area is 162 Å². The van der Waals surface area contributed by atoms with Crippen molar-refractivity contribution in [1.82, 2.24) is 14.5 Å². The van der Waals surface area contributed by atoms with E-state index in [0.717, 1.165) is 18.2 Å². The van der Waals surface area contributed by atoms with E-state index in [1.165, 1.54) is 23.0 Å². The zero-order valence-electron chi connectivity index (χ0n) is 15.6. The van der Waals surface area contributed by atoms with Gasteiger partial charge in [-0.3, -0.25) is 14.3 Å². The van der Waals surface area contributed by atoms with Gasteiger partial charge in [0.05, 0.1) is 24.4 Å². The number of benzene rings is 1. The fourth-order valence-corrected chi connectivity index (χ4v) is 3.61. The molecule has 28 heavy (non-hydrogen) atoms. The summed E-state index contributed by atoms with van der Waals surface area (Å²) < 4.78 is 21.3. The Hall–Kier alpha value is -3.06. The molecule has 0 N–H and O–H groups in total. The summed E-state index contributed by atoms with van der Waals surface area (Å²) in [7, 11) is 1.67. The van der Waals surface area contributed by atoms with Crippen LogP contribution in [0.25, 0.3) is 11.1 Å². The fraction of sp³-hybridized carbons (Fsp3) is 0.286.